The lowest BCUT2D eigenvalue weighted by molar-refractivity contribution is 0.367. The quantitative estimate of drug-likeness (QED) is 0.515. The molecule has 0 radical (unpaired) electrons. The maximum absolute atomic E-state index is 5.03. The number of pyridine rings is 1. The summed E-state index contributed by atoms with van der Waals surface area (Å²) in [7, 11) is 0. The summed E-state index contributed by atoms with van der Waals surface area (Å²) in [5.41, 5.74) is 5.57. The van der Waals surface area contributed by atoms with Gasteiger partial charge in [-0.25, -0.2) is 0 Å². The van der Waals surface area contributed by atoms with Gasteiger partial charge in [-0.05, 0) is 47.4 Å². The first-order chi connectivity index (χ1) is 12.3. The molecule has 148 valence electrons. The zero-order chi connectivity index (χ0) is 20.5. The summed E-state index contributed by atoms with van der Waals surface area (Å²) < 4.78 is 0. The van der Waals surface area contributed by atoms with Gasteiger partial charge >= 0.3 is 0 Å². The van der Waals surface area contributed by atoms with Crippen molar-refractivity contribution >= 4 is 0 Å². The van der Waals surface area contributed by atoms with Crippen LogP contribution in [-0.4, -0.2) is 4.98 Å². The summed E-state index contributed by atoms with van der Waals surface area (Å²) in [5.74, 6) is 0.571. The second-order valence-electron chi connectivity index (χ2n) is 10.7. The minimum atomic E-state index is 0.0637. The van der Waals surface area contributed by atoms with Gasteiger partial charge in [0.15, 0.2) is 0 Å². The van der Waals surface area contributed by atoms with Crippen LogP contribution in [0.15, 0.2) is 42.5 Å². The predicted molar refractivity (Wildman–Crippen MR) is 119 cm³/mol. The van der Waals surface area contributed by atoms with Crippen LogP contribution in [0.1, 0.15) is 104 Å². The third-order valence-electron chi connectivity index (χ3n) is 5.92. The zero-order valence-corrected chi connectivity index (χ0v) is 19.0. The molecule has 0 spiro atoms. The predicted octanol–water partition coefficient (Wildman–Crippen LogP) is 7.54. The van der Waals surface area contributed by atoms with Crippen molar-refractivity contribution in [3.8, 4) is 0 Å². The van der Waals surface area contributed by atoms with Crippen LogP contribution in [0.4, 0.5) is 0 Å². The van der Waals surface area contributed by atoms with Gasteiger partial charge in [-0.3, -0.25) is 4.98 Å². The number of hydrogen-bond acceptors (Lipinski definition) is 1. The Kier molecular flexibility index (Phi) is 6.24. The number of rotatable bonds is 6. The lowest BCUT2D eigenvalue weighted by atomic mass is 9.73. The van der Waals surface area contributed by atoms with Crippen LogP contribution < -0.4 is 0 Å². The Morgan fingerprint density at radius 1 is 0.741 bits per heavy atom. The molecular formula is C26H39N. The van der Waals surface area contributed by atoms with E-state index in [1.807, 2.05) is 0 Å². The Bertz CT molecular complexity index is 760. The number of nitrogens with zero attached hydrogens (tertiary/aromatic N) is 1. The van der Waals surface area contributed by atoms with E-state index in [2.05, 4.69) is 105 Å². The SMILES string of the molecule is CC(C)c1cccc(C(C)(C)CCC(C)(C)c2cccc(C(C)(C)C)n2)c1. The van der Waals surface area contributed by atoms with Gasteiger partial charge in [0.1, 0.15) is 0 Å². The van der Waals surface area contributed by atoms with E-state index < -0.39 is 0 Å². The van der Waals surface area contributed by atoms with E-state index in [1.54, 1.807) is 0 Å². The molecule has 1 heteroatoms. The van der Waals surface area contributed by atoms with E-state index in [9.17, 15) is 0 Å². The van der Waals surface area contributed by atoms with E-state index in [1.165, 1.54) is 22.5 Å². The monoisotopic (exact) mass is 365 g/mol. The minimum absolute atomic E-state index is 0.0637. The number of benzene rings is 1. The zero-order valence-electron chi connectivity index (χ0n) is 19.0. The van der Waals surface area contributed by atoms with Crippen LogP contribution in [-0.2, 0) is 16.2 Å². The molecule has 1 heterocycles. The van der Waals surface area contributed by atoms with Crippen molar-refractivity contribution < 1.29 is 0 Å². The molecule has 0 atom stereocenters. The fourth-order valence-electron chi connectivity index (χ4n) is 3.45. The molecule has 0 bridgehead atoms. The summed E-state index contributed by atoms with van der Waals surface area (Å²) in [5, 5.41) is 0. The van der Waals surface area contributed by atoms with E-state index in [0.29, 0.717) is 5.92 Å². The van der Waals surface area contributed by atoms with Gasteiger partial charge in [-0.2, -0.15) is 0 Å². The van der Waals surface area contributed by atoms with Crippen molar-refractivity contribution in [3.05, 3.63) is 65.0 Å². The van der Waals surface area contributed by atoms with Crippen LogP contribution in [0.5, 0.6) is 0 Å². The van der Waals surface area contributed by atoms with Crippen LogP contribution in [0.25, 0.3) is 0 Å². The number of hydrogen-bond donors (Lipinski definition) is 0. The van der Waals surface area contributed by atoms with Crippen molar-refractivity contribution in [1.29, 1.82) is 0 Å². The summed E-state index contributed by atoms with van der Waals surface area (Å²) in [6.45, 7) is 20.7. The largest absolute Gasteiger partial charge is 0.257 e. The standard InChI is InChI=1S/C26H39N/c1-19(2)20-12-10-13-21(18-20)25(6,7)16-17-26(8,9)23-15-11-14-22(27-23)24(3,4)5/h10-15,18-19H,16-17H2,1-9H3. The smallest absolute Gasteiger partial charge is 0.0463 e. The van der Waals surface area contributed by atoms with Gasteiger partial charge in [-0.15, -0.1) is 0 Å². The summed E-state index contributed by atoms with van der Waals surface area (Å²) in [6.07, 6.45) is 2.26. The molecule has 27 heavy (non-hydrogen) atoms. The molecule has 0 saturated heterocycles. The van der Waals surface area contributed by atoms with Gasteiger partial charge in [0, 0.05) is 22.2 Å². The van der Waals surface area contributed by atoms with Crippen molar-refractivity contribution in [3.63, 3.8) is 0 Å². The molecule has 1 nitrogen and oxygen atoms in total. The first-order valence-electron chi connectivity index (χ1n) is 10.4. The van der Waals surface area contributed by atoms with Crippen molar-refractivity contribution in [2.45, 2.75) is 97.3 Å². The Morgan fingerprint density at radius 2 is 1.30 bits per heavy atom. The summed E-state index contributed by atoms with van der Waals surface area (Å²) in [4.78, 5) is 5.03. The molecule has 0 aliphatic rings. The minimum Gasteiger partial charge on any atom is -0.257 e. The topological polar surface area (TPSA) is 12.9 Å². The molecule has 0 fully saturated rings. The third kappa shape index (κ3) is 5.43. The lowest BCUT2D eigenvalue weighted by Gasteiger charge is -2.32. The highest BCUT2D eigenvalue weighted by Gasteiger charge is 2.29. The Labute approximate surface area is 167 Å². The van der Waals surface area contributed by atoms with Crippen LogP contribution in [0, 0.1) is 0 Å². The van der Waals surface area contributed by atoms with Crippen molar-refractivity contribution in [2.75, 3.05) is 0 Å². The van der Waals surface area contributed by atoms with E-state index in [-0.39, 0.29) is 16.2 Å². The molecule has 2 rings (SSSR count). The van der Waals surface area contributed by atoms with E-state index >= 15 is 0 Å². The number of aromatic nitrogens is 1. The maximum Gasteiger partial charge on any atom is 0.0463 e. The molecule has 0 unspecified atom stereocenters. The first-order valence-corrected chi connectivity index (χ1v) is 10.4. The Hall–Kier alpha value is -1.63. The third-order valence-corrected chi connectivity index (χ3v) is 5.92. The van der Waals surface area contributed by atoms with Gasteiger partial charge in [0.05, 0.1) is 0 Å². The maximum atomic E-state index is 5.03. The van der Waals surface area contributed by atoms with Crippen molar-refractivity contribution in [1.82, 2.24) is 4.98 Å². The average Bonchev–Trinajstić information content (AvgIpc) is 2.60. The van der Waals surface area contributed by atoms with Gasteiger partial charge < -0.3 is 0 Å². The highest BCUT2D eigenvalue weighted by Crippen LogP contribution is 2.36. The van der Waals surface area contributed by atoms with E-state index in [0.717, 1.165) is 12.8 Å². The molecule has 0 amide bonds. The molecular weight excluding hydrogens is 326 g/mol. The molecule has 0 N–H and O–H groups in total. The summed E-state index contributed by atoms with van der Waals surface area (Å²) >= 11 is 0. The molecule has 1 aromatic carbocycles. The normalized spacial score (nSPS) is 13.3. The van der Waals surface area contributed by atoms with Gasteiger partial charge in [0.25, 0.3) is 0 Å². The fraction of sp³-hybridized carbons (Fsp3) is 0.577. The molecule has 0 aliphatic carbocycles. The molecule has 0 aliphatic heterocycles. The lowest BCUT2D eigenvalue weighted by Crippen LogP contribution is -2.26. The molecule has 2 aromatic rings. The molecule has 0 saturated carbocycles. The average molecular weight is 366 g/mol. The second kappa shape index (κ2) is 7.78. The van der Waals surface area contributed by atoms with Crippen LogP contribution in [0.3, 0.4) is 0 Å². The van der Waals surface area contributed by atoms with Crippen LogP contribution in [0.2, 0.25) is 0 Å². The first kappa shape index (κ1) is 21.7. The fourth-order valence-corrected chi connectivity index (χ4v) is 3.45. The van der Waals surface area contributed by atoms with Crippen molar-refractivity contribution in [2.24, 2.45) is 0 Å². The highest BCUT2D eigenvalue weighted by atomic mass is 14.7. The van der Waals surface area contributed by atoms with Gasteiger partial charge in [-0.1, -0.05) is 92.6 Å². The summed E-state index contributed by atoms with van der Waals surface area (Å²) in [6, 6.07) is 15.7. The Balaban J connectivity index is 2.20. The van der Waals surface area contributed by atoms with Gasteiger partial charge in [0.2, 0.25) is 0 Å². The molecule has 1 aromatic heterocycles. The highest BCUT2D eigenvalue weighted by molar-refractivity contribution is 5.31. The van der Waals surface area contributed by atoms with E-state index in [4.69, 9.17) is 4.98 Å². The Morgan fingerprint density at radius 3 is 1.89 bits per heavy atom. The second-order valence-corrected chi connectivity index (χ2v) is 10.7. The van der Waals surface area contributed by atoms with Crippen LogP contribution >= 0.6 is 0 Å².